The van der Waals surface area contributed by atoms with Gasteiger partial charge in [-0.2, -0.15) is 0 Å². The molecule has 1 spiro atoms. The highest BCUT2D eigenvalue weighted by molar-refractivity contribution is 5.39. The van der Waals surface area contributed by atoms with Gasteiger partial charge in [-0.15, -0.1) is 0 Å². The third-order valence-electron chi connectivity index (χ3n) is 4.44. The minimum atomic E-state index is -0.0553. The number of para-hydroxylation sites is 1. The molecule has 2 aliphatic heterocycles. The maximum atomic E-state index is 6.38. The van der Waals surface area contributed by atoms with Crippen LogP contribution in [0.1, 0.15) is 31.4 Å². The summed E-state index contributed by atoms with van der Waals surface area (Å²) >= 11 is 0. The highest BCUT2D eigenvalue weighted by Crippen LogP contribution is 2.45. The normalized spacial score (nSPS) is 35.0. The van der Waals surface area contributed by atoms with Crippen LogP contribution < -0.4 is 10.1 Å². The molecule has 0 bridgehead atoms. The van der Waals surface area contributed by atoms with Gasteiger partial charge in [-0.3, -0.25) is 0 Å². The first-order valence-electron chi connectivity index (χ1n) is 6.78. The van der Waals surface area contributed by atoms with Gasteiger partial charge in [0.2, 0.25) is 0 Å². The van der Waals surface area contributed by atoms with Crippen molar-refractivity contribution in [2.45, 2.75) is 31.4 Å². The standard InChI is InChI=1S/C15H21NO2/c1-11-10-17-8-7-15(11)9-13(16-2)12-5-3-4-6-14(12)18-15/h3-6,11,13,16H,7-10H2,1-2H3. The minimum absolute atomic E-state index is 0.0553. The molecular formula is C15H21NO2. The first-order valence-corrected chi connectivity index (χ1v) is 6.78. The van der Waals surface area contributed by atoms with E-state index in [0.29, 0.717) is 12.0 Å². The molecule has 3 rings (SSSR count). The molecule has 0 saturated carbocycles. The SMILES string of the molecule is CNC1CC2(CCOCC2C)Oc2ccccc21. The molecule has 3 nitrogen and oxygen atoms in total. The number of hydrogen-bond donors (Lipinski definition) is 1. The minimum Gasteiger partial charge on any atom is -0.486 e. The van der Waals surface area contributed by atoms with Crippen LogP contribution in [0.25, 0.3) is 0 Å². The van der Waals surface area contributed by atoms with E-state index in [1.165, 1.54) is 5.56 Å². The highest BCUT2D eigenvalue weighted by atomic mass is 16.5. The topological polar surface area (TPSA) is 30.5 Å². The summed E-state index contributed by atoms with van der Waals surface area (Å²) in [7, 11) is 2.03. The zero-order valence-electron chi connectivity index (χ0n) is 11.1. The second kappa shape index (κ2) is 4.56. The Morgan fingerprint density at radius 2 is 2.17 bits per heavy atom. The monoisotopic (exact) mass is 247 g/mol. The van der Waals surface area contributed by atoms with Gasteiger partial charge in [0.25, 0.3) is 0 Å². The molecule has 1 aromatic carbocycles. The molecule has 3 heteroatoms. The molecule has 2 aliphatic rings. The number of nitrogens with one attached hydrogen (secondary N) is 1. The highest BCUT2D eigenvalue weighted by Gasteiger charge is 2.46. The molecule has 2 heterocycles. The lowest BCUT2D eigenvalue weighted by Gasteiger charge is -2.48. The largest absolute Gasteiger partial charge is 0.486 e. The van der Waals surface area contributed by atoms with E-state index >= 15 is 0 Å². The van der Waals surface area contributed by atoms with E-state index in [0.717, 1.165) is 31.8 Å². The Kier molecular flexibility index (Phi) is 3.04. The van der Waals surface area contributed by atoms with Crippen molar-refractivity contribution in [3.05, 3.63) is 29.8 Å². The van der Waals surface area contributed by atoms with E-state index in [2.05, 4.69) is 36.5 Å². The second-order valence-corrected chi connectivity index (χ2v) is 5.48. The van der Waals surface area contributed by atoms with Crippen LogP contribution in [0.15, 0.2) is 24.3 Å². The molecule has 1 aromatic rings. The molecule has 0 aromatic heterocycles. The van der Waals surface area contributed by atoms with Gasteiger partial charge in [-0.05, 0) is 13.1 Å². The van der Waals surface area contributed by atoms with Gasteiger partial charge in [0.05, 0.1) is 13.2 Å². The average Bonchev–Trinajstić information content (AvgIpc) is 2.41. The molecular weight excluding hydrogens is 226 g/mol. The van der Waals surface area contributed by atoms with Crippen molar-refractivity contribution in [3.8, 4) is 5.75 Å². The maximum absolute atomic E-state index is 6.38. The maximum Gasteiger partial charge on any atom is 0.124 e. The fourth-order valence-corrected chi connectivity index (χ4v) is 3.19. The zero-order valence-corrected chi connectivity index (χ0v) is 11.1. The zero-order chi connectivity index (χ0) is 12.6. The van der Waals surface area contributed by atoms with Crippen LogP contribution in [-0.4, -0.2) is 25.9 Å². The second-order valence-electron chi connectivity index (χ2n) is 5.48. The van der Waals surface area contributed by atoms with E-state index in [1.54, 1.807) is 0 Å². The summed E-state index contributed by atoms with van der Waals surface area (Å²) in [5, 5.41) is 3.43. The first kappa shape index (κ1) is 12.0. The van der Waals surface area contributed by atoms with Crippen LogP contribution in [0, 0.1) is 5.92 Å². The smallest absolute Gasteiger partial charge is 0.124 e. The van der Waals surface area contributed by atoms with Crippen molar-refractivity contribution in [2.24, 2.45) is 5.92 Å². The fraction of sp³-hybridized carbons (Fsp3) is 0.600. The summed E-state index contributed by atoms with van der Waals surface area (Å²) < 4.78 is 12.0. The summed E-state index contributed by atoms with van der Waals surface area (Å²) in [5.74, 6) is 1.48. The van der Waals surface area contributed by atoms with Crippen molar-refractivity contribution in [2.75, 3.05) is 20.3 Å². The molecule has 1 saturated heterocycles. The molecule has 3 unspecified atom stereocenters. The van der Waals surface area contributed by atoms with Crippen LogP contribution in [0.5, 0.6) is 5.75 Å². The quantitative estimate of drug-likeness (QED) is 0.827. The average molecular weight is 247 g/mol. The number of ether oxygens (including phenoxy) is 2. The van der Waals surface area contributed by atoms with Crippen LogP contribution in [0.3, 0.4) is 0 Å². The van der Waals surface area contributed by atoms with Crippen LogP contribution in [0.4, 0.5) is 0 Å². The third-order valence-corrected chi connectivity index (χ3v) is 4.44. The first-order chi connectivity index (χ1) is 8.75. The number of fused-ring (bicyclic) bond motifs is 1. The molecule has 98 valence electrons. The lowest BCUT2D eigenvalue weighted by molar-refractivity contribution is -0.105. The Morgan fingerprint density at radius 1 is 1.33 bits per heavy atom. The van der Waals surface area contributed by atoms with Crippen molar-refractivity contribution < 1.29 is 9.47 Å². The number of hydrogen-bond acceptors (Lipinski definition) is 3. The fourth-order valence-electron chi connectivity index (χ4n) is 3.19. The Balaban J connectivity index is 1.98. The Bertz CT molecular complexity index is 434. The molecule has 0 amide bonds. The van der Waals surface area contributed by atoms with Gasteiger partial charge in [-0.25, -0.2) is 0 Å². The van der Waals surface area contributed by atoms with E-state index in [9.17, 15) is 0 Å². The van der Waals surface area contributed by atoms with Crippen LogP contribution in [-0.2, 0) is 4.74 Å². The van der Waals surface area contributed by atoms with E-state index in [-0.39, 0.29) is 5.60 Å². The third kappa shape index (κ3) is 1.82. The summed E-state index contributed by atoms with van der Waals surface area (Å²) in [6.07, 6.45) is 2.02. The Morgan fingerprint density at radius 3 is 2.94 bits per heavy atom. The van der Waals surface area contributed by atoms with Crippen molar-refractivity contribution in [1.82, 2.24) is 5.32 Å². The number of rotatable bonds is 1. The van der Waals surface area contributed by atoms with E-state index in [1.807, 2.05) is 7.05 Å². The van der Waals surface area contributed by atoms with Gasteiger partial charge in [0.1, 0.15) is 11.4 Å². The van der Waals surface area contributed by atoms with Gasteiger partial charge < -0.3 is 14.8 Å². The molecule has 3 atom stereocenters. The molecule has 18 heavy (non-hydrogen) atoms. The van der Waals surface area contributed by atoms with Crippen molar-refractivity contribution >= 4 is 0 Å². The lowest BCUT2D eigenvalue weighted by Crippen LogP contribution is -2.52. The summed E-state index contributed by atoms with van der Waals surface area (Å²) in [5.41, 5.74) is 1.23. The predicted molar refractivity (Wildman–Crippen MR) is 70.8 cm³/mol. The van der Waals surface area contributed by atoms with Gasteiger partial charge in [0.15, 0.2) is 0 Å². The Labute approximate surface area is 108 Å². The van der Waals surface area contributed by atoms with Gasteiger partial charge in [0, 0.05) is 30.4 Å². The Hall–Kier alpha value is -1.06. The summed E-state index contributed by atoms with van der Waals surface area (Å²) in [4.78, 5) is 0. The summed E-state index contributed by atoms with van der Waals surface area (Å²) in [6.45, 7) is 3.85. The van der Waals surface area contributed by atoms with Crippen molar-refractivity contribution in [1.29, 1.82) is 0 Å². The van der Waals surface area contributed by atoms with E-state index in [4.69, 9.17) is 9.47 Å². The van der Waals surface area contributed by atoms with Gasteiger partial charge in [-0.1, -0.05) is 25.1 Å². The van der Waals surface area contributed by atoms with Crippen LogP contribution >= 0.6 is 0 Å². The van der Waals surface area contributed by atoms with E-state index < -0.39 is 0 Å². The summed E-state index contributed by atoms with van der Waals surface area (Å²) in [6, 6.07) is 8.76. The van der Waals surface area contributed by atoms with Crippen molar-refractivity contribution in [3.63, 3.8) is 0 Å². The lowest BCUT2D eigenvalue weighted by atomic mass is 9.76. The molecule has 0 aliphatic carbocycles. The van der Waals surface area contributed by atoms with Crippen LogP contribution in [0.2, 0.25) is 0 Å². The predicted octanol–water partition coefficient (Wildman–Crippen LogP) is 2.52. The van der Waals surface area contributed by atoms with Gasteiger partial charge >= 0.3 is 0 Å². The molecule has 0 radical (unpaired) electrons. The molecule has 1 fully saturated rings. The number of benzene rings is 1. The molecule has 1 N–H and O–H groups in total.